The Kier molecular flexibility index (Phi) is 38.7. The summed E-state index contributed by atoms with van der Waals surface area (Å²) in [5, 5.41) is 43.4. The fourth-order valence-corrected chi connectivity index (χ4v) is 12.1. The van der Waals surface area contributed by atoms with Gasteiger partial charge in [0.2, 0.25) is 16.9 Å². The van der Waals surface area contributed by atoms with E-state index in [0.29, 0.717) is 72.9 Å². The van der Waals surface area contributed by atoms with Gasteiger partial charge in [0.15, 0.2) is 34.5 Å². The molecule has 0 radical (unpaired) electrons. The molecule has 1 saturated heterocycles. The lowest BCUT2D eigenvalue weighted by molar-refractivity contribution is -0.165. The number of nitrogens with one attached hydrogen (secondary N) is 2. The number of thiocarbonyl (C=S) groups is 1. The van der Waals surface area contributed by atoms with Crippen LogP contribution in [0.4, 0.5) is 40.8 Å². The van der Waals surface area contributed by atoms with Crippen molar-refractivity contribution < 1.29 is 103 Å². The van der Waals surface area contributed by atoms with Crippen molar-refractivity contribution in [2.75, 3.05) is 59.6 Å². The highest BCUT2D eigenvalue weighted by Crippen LogP contribution is 2.40. The zero-order valence-electron chi connectivity index (χ0n) is 69.6. The number of aliphatic hydroxyl groups is 1. The first-order valence-corrected chi connectivity index (χ1v) is 40.5. The number of hydroxylamine groups is 2. The Morgan fingerprint density at radius 1 is 0.696 bits per heavy atom. The number of ketones is 1. The maximum atomic E-state index is 14.4. The van der Waals surface area contributed by atoms with Gasteiger partial charge in [-0.2, -0.15) is 31.6 Å². The van der Waals surface area contributed by atoms with Gasteiger partial charge in [-0.15, -0.1) is 0 Å². The number of esters is 2. The van der Waals surface area contributed by atoms with Crippen LogP contribution in [0.2, 0.25) is 25.1 Å². The number of carbonyl (C=O) groups excluding carboxylic acids is 5. The standard InChI is InChI=1S/C24H24F3NO4.C20H17F5N2O2.C16H14Cl2O3.C12H14ClNO2.C10H13ClN2S.C9H9ClO3/c1-22(2,3)16-9-11-17(12-10-16)23(15-28,21(30)32-14-13-31-4)20(29)18-7-5-6-8-19(18)24(25,26)27;21-15-9-8-14(20(23,24)25)17(18(15)22)19(27-29-11-13-6-7-13)26-16(28)10-12-4-2-1-3-5-12;1-2-21-15(19)16(20,11-3-7-13(17)8-4-11)12-5-9-14(18)10-6-12;1-12(2)8-16-14(11(12)15)7-9-5-3-4-6-10(9)13;1-7-6-8(11)4-5-9(7)12-10(14)13(2)3;1-6(9(11)12)13-8-4-2-3-7(10)5-8/h5-12H,13-14H2,1-4H3;1-5,8-9,13H,6-7,10-11H2,(H,26,27,28);3-10,20H,2H2,1H3;3-6H,7-8H2,1-2H3;4-6H,1-3H3,(H,12,14);2-6H,1H3,(H,11,12). The number of aryl methyl sites for hydroxylation is 1. The average molecular weight is 1850 g/mol. The highest BCUT2D eigenvalue weighted by atomic mass is 35.5. The van der Waals surface area contributed by atoms with Crippen LogP contribution in [-0.2, 0) is 89.6 Å². The van der Waals surface area contributed by atoms with Crippen molar-refractivity contribution in [2.24, 2.45) is 16.5 Å². The smallest absolute Gasteiger partial charge is 0.417 e. The fourth-order valence-electron chi connectivity index (χ4n) is 11.2. The molecule has 2 atom stereocenters. The van der Waals surface area contributed by atoms with Gasteiger partial charge in [-0.25, -0.2) is 28.2 Å². The van der Waals surface area contributed by atoms with E-state index < -0.39 is 104 Å². The largest absolute Gasteiger partial charge is 0.479 e. The number of oxime groups is 1. The molecule has 34 heteroatoms. The van der Waals surface area contributed by atoms with Crippen LogP contribution in [0.1, 0.15) is 127 Å². The van der Waals surface area contributed by atoms with Gasteiger partial charge in [0.05, 0.1) is 61.0 Å². The van der Waals surface area contributed by atoms with E-state index in [4.69, 9.17) is 104 Å². The lowest BCUT2D eigenvalue weighted by atomic mass is 9.73. The number of carboxylic acid groups (broad SMARTS) is 1. The Morgan fingerprint density at radius 3 is 1.76 bits per heavy atom. The predicted molar refractivity (Wildman–Crippen MR) is 465 cm³/mol. The normalized spacial score (nSPS) is 13.6. The second-order valence-corrected chi connectivity index (χ2v) is 32.3. The molecule has 20 nitrogen and oxygen atoms in total. The molecule has 0 aromatic heterocycles. The number of hydrogen-bond donors (Lipinski definition) is 4. The lowest BCUT2D eigenvalue weighted by Crippen LogP contribution is -2.45. The molecule has 1 heterocycles. The number of amidine groups is 1. The number of ether oxygens (including phenoxy) is 4. The number of alkyl halides is 6. The van der Waals surface area contributed by atoms with E-state index in [0.717, 1.165) is 58.4 Å². The van der Waals surface area contributed by atoms with Gasteiger partial charge in [-0.05, 0) is 195 Å². The first-order chi connectivity index (χ1) is 58.7. The number of methoxy groups -OCH3 is 1. The van der Waals surface area contributed by atoms with Crippen molar-refractivity contribution >= 4 is 122 Å². The Morgan fingerprint density at radius 2 is 1.25 bits per heavy atom. The number of anilines is 1. The highest BCUT2D eigenvalue weighted by molar-refractivity contribution is 7.80. The summed E-state index contributed by atoms with van der Waals surface area (Å²) >= 11 is 34.4. The van der Waals surface area contributed by atoms with Gasteiger partial charge < -0.3 is 49.5 Å². The van der Waals surface area contributed by atoms with Crippen molar-refractivity contribution in [1.29, 1.82) is 5.26 Å². The van der Waals surface area contributed by atoms with E-state index >= 15 is 0 Å². The van der Waals surface area contributed by atoms with Crippen LogP contribution in [0, 0.1) is 41.2 Å². The molecule has 666 valence electrons. The first-order valence-electron chi connectivity index (χ1n) is 38.2. The minimum atomic E-state index is -4.99. The number of benzene rings is 9. The fraction of sp³-hybridized carbons (Fsp3) is 0.308. The summed E-state index contributed by atoms with van der Waals surface area (Å²) in [7, 11) is 5.17. The highest BCUT2D eigenvalue weighted by Gasteiger charge is 2.53. The Balaban J connectivity index is 0.000000239. The summed E-state index contributed by atoms with van der Waals surface area (Å²) < 4.78 is 129. The quantitative estimate of drug-likeness (QED) is 0.00533. The molecule has 1 aliphatic carbocycles. The van der Waals surface area contributed by atoms with Gasteiger partial charge >= 0.3 is 30.3 Å². The predicted octanol–water partition coefficient (Wildman–Crippen LogP) is 20.8. The van der Waals surface area contributed by atoms with Crippen molar-refractivity contribution in [3.63, 3.8) is 0 Å². The van der Waals surface area contributed by atoms with Gasteiger partial charge in [-0.3, -0.25) is 19.2 Å². The number of carboxylic acids is 1. The number of carbonyl (C=O) groups is 6. The molecule has 2 unspecified atom stereocenters. The first kappa shape index (κ1) is 103. The Hall–Kier alpha value is -10.8. The van der Waals surface area contributed by atoms with Crippen LogP contribution in [0.15, 0.2) is 211 Å². The van der Waals surface area contributed by atoms with E-state index in [9.17, 15) is 74.3 Å². The zero-order valence-corrected chi connectivity index (χ0v) is 74.1. The second-order valence-electron chi connectivity index (χ2n) is 29.7. The number of hydrogen-bond acceptors (Lipinski definition) is 16. The third-order valence-electron chi connectivity index (χ3n) is 18.3. The summed E-state index contributed by atoms with van der Waals surface area (Å²) in [6, 6.07) is 53.5. The lowest BCUT2D eigenvalue weighted by Gasteiger charge is -2.27. The third-order valence-corrected chi connectivity index (χ3v) is 20.1. The van der Waals surface area contributed by atoms with Crippen LogP contribution in [0.25, 0.3) is 0 Å². The van der Waals surface area contributed by atoms with Crippen LogP contribution >= 0.6 is 70.2 Å². The summed E-state index contributed by atoms with van der Waals surface area (Å²) in [6.45, 7) is 15.6. The molecule has 4 N–H and O–H groups in total. The Bertz CT molecular complexity index is 5210. The number of Topliss-reactive ketones (excluding diaryl/α,β-unsaturated/α-hetero) is 1. The summed E-state index contributed by atoms with van der Waals surface area (Å²) in [5.74, 6) is -8.48. The molecule has 125 heavy (non-hydrogen) atoms. The summed E-state index contributed by atoms with van der Waals surface area (Å²) in [5.41, 5.74) is -4.80. The van der Waals surface area contributed by atoms with Gasteiger partial charge in [-0.1, -0.05) is 205 Å². The zero-order chi connectivity index (χ0) is 93.0. The van der Waals surface area contributed by atoms with E-state index in [1.807, 2.05) is 103 Å². The van der Waals surface area contributed by atoms with Gasteiger partial charge in [0, 0.05) is 57.6 Å². The molecule has 2 fully saturated rings. The van der Waals surface area contributed by atoms with Gasteiger partial charge in [0.25, 0.3) is 5.91 Å². The molecule has 11 rings (SSSR count). The topological polar surface area (TPSA) is 265 Å². The average Bonchev–Trinajstić information content (AvgIpc) is 0.845. The van der Waals surface area contributed by atoms with Crippen molar-refractivity contribution in [3.8, 4) is 11.8 Å². The number of nitrogens with zero attached hydrogens (tertiary/aromatic N) is 4. The van der Waals surface area contributed by atoms with Crippen LogP contribution in [0.3, 0.4) is 0 Å². The number of nitriles is 1. The number of amides is 2. The molecule has 9 aromatic rings. The minimum absolute atomic E-state index is 0.00687. The maximum absolute atomic E-state index is 14.4. The monoisotopic (exact) mass is 1850 g/mol. The molecular weight excluding hydrogens is 1760 g/mol. The van der Waals surface area contributed by atoms with Crippen LogP contribution < -0.4 is 15.4 Å². The second kappa shape index (κ2) is 47.0. The molecule has 0 spiro atoms. The van der Waals surface area contributed by atoms with Crippen molar-refractivity contribution in [3.05, 3.63) is 304 Å². The molecule has 1 saturated carbocycles. The molecule has 2 amide bonds. The number of rotatable bonds is 23. The summed E-state index contributed by atoms with van der Waals surface area (Å²) in [4.78, 5) is 85.7. The SMILES string of the molecule is CC(Oc1cccc(Cl)c1)C(=O)O.CC1(C)CON(Cc2ccccc2Cl)C1=O.CCOC(=O)C(O)(c1ccc(Cl)cc1)c1ccc(Cl)cc1.COCCOC(=O)C(C#N)(C(=O)c1ccccc1C(F)(F)F)c1ccc(C(C)(C)C)cc1.Cc1cc(Cl)ccc1NC(=S)N(C)C.O=C(Cc1ccccc1)NC(=NOCC1CC1)c1c(C(F)(F)F)ccc(F)c1F. The van der Waals surface area contributed by atoms with Gasteiger partial charge in [0.1, 0.15) is 19.0 Å². The Labute approximate surface area is 749 Å². The molecule has 2 aliphatic rings. The van der Waals surface area contributed by atoms with E-state index in [-0.39, 0.29) is 55.7 Å². The molecular formula is C91H91Cl5F8N6O14S. The van der Waals surface area contributed by atoms with E-state index in [2.05, 4.69) is 15.8 Å². The number of halogens is 13. The van der Waals surface area contributed by atoms with Crippen molar-refractivity contribution in [1.82, 2.24) is 15.3 Å². The van der Waals surface area contributed by atoms with E-state index in [1.165, 1.54) is 37.3 Å². The molecule has 1 aliphatic heterocycles. The molecule has 0 bridgehead atoms. The van der Waals surface area contributed by atoms with Crippen LogP contribution in [-0.4, -0.2) is 127 Å². The molecule has 9 aromatic carbocycles. The maximum Gasteiger partial charge on any atom is 0.417 e. The minimum Gasteiger partial charge on any atom is -0.479 e. The van der Waals surface area contributed by atoms with E-state index in [1.54, 1.807) is 128 Å². The summed E-state index contributed by atoms with van der Waals surface area (Å²) in [6.07, 6.45) is -9.14. The van der Waals surface area contributed by atoms with Crippen LogP contribution in [0.5, 0.6) is 5.75 Å². The number of aliphatic carboxylic acids is 1. The third kappa shape index (κ3) is 30.2. The van der Waals surface area contributed by atoms with Crippen molar-refractivity contribution in [2.45, 2.75) is 116 Å².